The number of benzene rings is 1. The van der Waals surface area contributed by atoms with Crippen LogP contribution in [-0.4, -0.2) is 17.0 Å². The first kappa shape index (κ1) is 10.8. The van der Waals surface area contributed by atoms with Crippen molar-refractivity contribution in [1.82, 2.24) is 0 Å². The Morgan fingerprint density at radius 1 is 1.21 bits per heavy atom. The largest absolute Gasteiger partial charge is 0.474 e. The molecule has 0 radical (unpaired) electrons. The van der Waals surface area contributed by atoms with Crippen LogP contribution in [0.3, 0.4) is 0 Å². The Kier molecular flexibility index (Phi) is 3.33. The maximum absolute atomic E-state index is 10.8. The number of carbonyl (C=O) groups excluding carboxylic acids is 1. The van der Waals surface area contributed by atoms with Crippen LogP contribution in [0.4, 0.5) is 5.69 Å². The van der Waals surface area contributed by atoms with Gasteiger partial charge < -0.3 is 10.4 Å². The molecule has 4 nitrogen and oxygen atoms in total. The van der Waals surface area contributed by atoms with Crippen molar-refractivity contribution in [3.05, 3.63) is 28.2 Å². The minimum absolute atomic E-state index is 0.100. The molecular weight excluding hydrogens is 229 g/mol. The Balaban J connectivity index is 2.97. The molecule has 2 N–H and O–H groups in total. The van der Waals surface area contributed by atoms with Crippen molar-refractivity contribution in [2.45, 2.75) is 0 Å². The number of rotatable bonds is 1. The van der Waals surface area contributed by atoms with Gasteiger partial charge in [0, 0.05) is 0 Å². The monoisotopic (exact) mass is 233 g/mol. The third kappa shape index (κ3) is 2.37. The van der Waals surface area contributed by atoms with Gasteiger partial charge in [-0.25, -0.2) is 4.79 Å². The first-order valence-corrected chi connectivity index (χ1v) is 4.26. The number of halogens is 2. The normalized spacial score (nSPS) is 9.57. The highest BCUT2D eigenvalue weighted by Crippen LogP contribution is 2.29. The zero-order chi connectivity index (χ0) is 10.7. The number of hydrogen-bond donors (Lipinski definition) is 2. The van der Waals surface area contributed by atoms with Gasteiger partial charge in [0.25, 0.3) is 0 Å². The van der Waals surface area contributed by atoms with E-state index in [1.54, 1.807) is 6.07 Å². The molecule has 74 valence electrons. The summed E-state index contributed by atoms with van der Waals surface area (Å²) in [6.07, 6.45) is 0. The average molecular weight is 234 g/mol. The van der Waals surface area contributed by atoms with Gasteiger partial charge in [-0.1, -0.05) is 29.3 Å². The SMILES string of the molecule is O=C(O)C(=O)Nc1c(Cl)cccc1Cl. The summed E-state index contributed by atoms with van der Waals surface area (Å²) < 4.78 is 0. The lowest BCUT2D eigenvalue weighted by Crippen LogP contribution is -2.22. The zero-order valence-corrected chi connectivity index (χ0v) is 8.26. The van der Waals surface area contributed by atoms with Crippen LogP contribution in [0.1, 0.15) is 0 Å². The molecule has 0 unspecified atom stereocenters. The van der Waals surface area contributed by atoms with Gasteiger partial charge in [-0.05, 0) is 12.1 Å². The fraction of sp³-hybridized carbons (Fsp3) is 0. The zero-order valence-electron chi connectivity index (χ0n) is 6.75. The molecule has 0 bridgehead atoms. The van der Waals surface area contributed by atoms with Crippen LogP contribution < -0.4 is 5.32 Å². The molecule has 0 heterocycles. The van der Waals surface area contributed by atoms with Crippen LogP contribution in [0.25, 0.3) is 0 Å². The van der Waals surface area contributed by atoms with E-state index in [2.05, 4.69) is 5.32 Å². The van der Waals surface area contributed by atoms with E-state index in [9.17, 15) is 9.59 Å². The van der Waals surface area contributed by atoms with Gasteiger partial charge in [0.05, 0.1) is 15.7 Å². The lowest BCUT2D eigenvalue weighted by Gasteiger charge is -2.05. The molecule has 0 atom stereocenters. The summed E-state index contributed by atoms with van der Waals surface area (Å²) in [4.78, 5) is 21.0. The summed E-state index contributed by atoms with van der Waals surface area (Å²) >= 11 is 11.4. The van der Waals surface area contributed by atoms with Crippen molar-refractivity contribution >= 4 is 40.8 Å². The Morgan fingerprint density at radius 2 is 1.71 bits per heavy atom. The second kappa shape index (κ2) is 4.30. The van der Waals surface area contributed by atoms with E-state index >= 15 is 0 Å². The van der Waals surface area contributed by atoms with Crippen molar-refractivity contribution in [3.8, 4) is 0 Å². The van der Waals surface area contributed by atoms with Crippen LogP contribution in [0.2, 0.25) is 10.0 Å². The molecule has 1 amide bonds. The smallest absolute Gasteiger partial charge is 0.394 e. The number of amides is 1. The van der Waals surface area contributed by atoms with Crippen LogP contribution in [0.15, 0.2) is 18.2 Å². The number of carboxylic acids is 1. The maximum atomic E-state index is 10.8. The molecule has 14 heavy (non-hydrogen) atoms. The minimum atomic E-state index is -1.60. The van der Waals surface area contributed by atoms with Gasteiger partial charge >= 0.3 is 11.9 Å². The Morgan fingerprint density at radius 3 is 2.14 bits per heavy atom. The van der Waals surface area contributed by atoms with Gasteiger partial charge in [-0.15, -0.1) is 0 Å². The van der Waals surface area contributed by atoms with Gasteiger partial charge in [-0.2, -0.15) is 0 Å². The van der Waals surface area contributed by atoms with Gasteiger partial charge in [-0.3, -0.25) is 4.79 Å². The van der Waals surface area contributed by atoms with Crippen molar-refractivity contribution in [3.63, 3.8) is 0 Å². The summed E-state index contributed by atoms with van der Waals surface area (Å²) in [6.45, 7) is 0. The molecule has 0 fully saturated rings. The summed E-state index contributed by atoms with van der Waals surface area (Å²) in [7, 11) is 0. The van der Waals surface area contributed by atoms with Gasteiger partial charge in [0.2, 0.25) is 0 Å². The molecule has 1 aromatic carbocycles. The van der Waals surface area contributed by atoms with E-state index < -0.39 is 11.9 Å². The number of carboxylic acid groups (broad SMARTS) is 1. The van der Waals surface area contributed by atoms with Crippen molar-refractivity contribution in [1.29, 1.82) is 0 Å². The average Bonchev–Trinajstić information content (AvgIpc) is 2.11. The number of carbonyl (C=O) groups is 2. The Labute approximate surface area is 89.4 Å². The van der Waals surface area contributed by atoms with Crippen molar-refractivity contribution in [2.24, 2.45) is 0 Å². The van der Waals surface area contributed by atoms with Crippen molar-refractivity contribution in [2.75, 3.05) is 5.32 Å². The molecule has 0 aromatic heterocycles. The maximum Gasteiger partial charge on any atom is 0.394 e. The van der Waals surface area contributed by atoms with E-state index in [4.69, 9.17) is 28.3 Å². The van der Waals surface area contributed by atoms with Crippen molar-refractivity contribution < 1.29 is 14.7 Å². The van der Waals surface area contributed by atoms with Crippen LogP contribution in [0.5, 0.6) is 0 Å². The van der Waals surface area contributed by atoms with Crippen LogP contribution in [-0.2, 0) is 9.59 Å². The molecule has 6 heteroatoms. The lowest BCUT2D eigenvalue weighted by molar-refractivity contribution is -0.147. The number of hydrogen-bond acceptors (Lipinski definition) is 2. The molecule has 0 aliphatic rings. The van der Waals surface area contributed by atoms with E-state index in [1.807, 2.05) is 0 Å². The van der Waals surface area contributed by atoms with Gasteiger partial charge in [0.1, 0.15) is 0 Å². The quantitative estimate of drug-likeness (QED) is 0.730. The third-order valence-corrected chi connectivity index (χ3v) is 2.03. The standard InChI is InChI=1S/C8H5Cl2NO3/c9-4-2-1-3-5(10)6(4)11-7(12)8(13)14/h1-3H,(H,11,12)(H,13,14). The summed E-state index contributed by atoms with van der Waals surface area (Å²) in [6, 6.07) is 4.57. The first-order chi connectivity index (χ1) is 6.52. The molecule has 0 aliphatic heterocycles. The highest BCUT2D eigenvalue weighted by Gasteiger charge is 2.14. The number of nitrogens with one attached hydrogen (secondary N) is 1. The summed E-state index contributed by atoms with van der Waals surface area (Å²) in [5.74, 6) is -2.78. The second-order valence-electron chi connectivity index (χ2n) is 2.36. The van der Waals surface area contributed by atoms with Crippen LogP contribution in [0, 0.1) is 0 Å². The second-order valence-corrected chi connectivity index (χ2v) is 3.17. The summed E-state index contributed by atoms with van der Waals surface area (Å²) in [5.41, 5.74) is 0.100. The van der Waals surface area contributed by atoms with E-state index in [0.717, 1.165) is 0 Å². The lowest BCUT2D eigenvalue weighted by atomic mass is 10.3. The molecule has 0 spiro atoms. The molecule has 1 rings (SSSR count). The molecule has 0 aliphatic carbocycles. The first-order valence-electron chi connectivity index (χ1n) is 3.50. The topological polar surface area (TPSA) is 66.4 Å². The highest BCUT2D eigenvalue weighted by molar-refractivity contribution is 6.43. The van der Waals surface area contributed by atoms with E-state index in [0.29, 0.717) is 0 Å². The molecule has 1 aromatic rings. The number of anilines is 1. The summed E-state index contributed by atoms with van der Waals surface area (Å²) in [5, 5.41) is 10.8. The number of aliphatic carboxylic acids is 1. The van der Waals surface area contributed by atoms with E-state index in [1.165, 1.54) is 12.1 Å². The van der Waals surface area contributed by atoms with Crippen LogP contribution >= 0.6 is 23.2 Å². The Bertz CT molecular complexity index is 372. The predicted molar refractivity (Wildman–Crippen MR) is 52.7 cm³/mol. The molecular formula is C8H5Cl2NO3. The Hall–Kier alpha value is -1.26. The number of para-hydroxylation sites is 1. The molecule has 0 saturated heterocycles. The highest BCUT2D eigenvalue weighted by atomic mass is 35.5. The third-order valence-electron chi connectivity index (χ3n) is 1.40. The fourth-order valence-electron chi connectivity index (χ4n) is 0.784. The minimum Gasteiger partial charge on any atom is -0.474 e. The van der Waals surface area contributed by atoms with E-state index in [-0.39, 0.29) is 15.7 Å². The van der Waals surface area contributed by atoms with Gasteiger partial charge in [0.15, 0.2) is 0 Å². The fourth-order valence-corrected chi connectivity index (χ4v) is 1.28. The predicted octanol–water partition coefficient (Wildman–Crippen LogP) is 2.02. The molecule has 0 saturated carbocycles.